The van der Waals surface area contributed by atoms with E-state index in [9.17, 15) is 9.59 Å². The maximum Gasteiger partial charge on any atom is 0.256 e. The van der Waals surface area contributed by atoms with E-state index in [0.717, 1.165) is 49.5 Å². The van der Waals surface area contributed by atoms with Crippen molar-refractivity contribution in [2.45, 2.75) is 36.8 Å². The molecule has 34 heavy (non-hydrogen) atoms. The first-order valence-corrected chi connectivity index (χ1v) is 12.4. The van der Waals surface area contributed by atoms with Crippen LogP contribution in [0, 0.1) is 12.8 Å². The zero-order valence-electron chi connectivity index (χ0n) is 19.2. The predicted molar refractivity (Wildman–Crippen MR) is 131 cm³/mol. The summed E-state index contributed by atoms with van der Waals surface area (Å²) in [4.78, 5) is 31.7. The minimum atomic E-state index is -0.180. The largest absolute Gasteiger partial charge is 0.369 e. The number of piperidine rings is 1. The van der Waals surface area contributed by atoms with Gasteiger partial charge in [0.25, 0.3) is 5.91 Å². The van der Waals surface area contributed by atoms with Gasteiger partial charge in [0.15, 0.2) is 5.82 Å². The van der Waals surface area contributed by atoms with Crippen molar-refractivity contribution in [1.82, 2.24) is 15.0 Å². The molecule has 2 aromatic carbocycles. The van der Waals surface area contributed by atoms with Crippen molar-refractivity contribution < 1.29 is 14.1 Å². The summed E-state index contributed by atoms with van der Waals surface area (Å²) < 4.78 is 5.01. The Bertz CT molecular complexity index is 1120. The molecular weight excluding hydrogens is 450 g/mol. The number of likely N-dealkylation sites (tertiary alicyclic amines) is 1. The molecule has 4 rings (SSSR count). The second kappa shape index (κ2) is 11.3. The van der Waals surface area contributed by atoms with E-state index in [2.05, 4.69) is 20.4 Å². The van der Waals surface area contributed by atoms with E-state index in [0.29, 0.717) is 23.0 Å². The number of carbonyl (C=O) groups is 2. The third-order valence-electron chi connectivity index (χ3n) is 5.98. The summed E-state index contributed by atoms with van der Waals surface area (Å²) in [7, 11) is 0. The van der Waals surface area contributed by atoms with E-state index >= 15 is 0 Å². The predicted octanol–water partition coefficient (Wildman–Crippen LogP) is 3.66. The Kier molecular flexibility index (Phi) is 7.97. The summed E-state index contributed by atoms with van der Waals surface area (Å²) in [6.07, 6.45) is 2.61. The second-order valence-electron chi connectivity index (χ2n) is 8.43. The average molecular weight is 480 g/mol. The Labute approximate surface area is 203 Å². The fourth-order valence-corrected chi connectivity index (χ4v) is 4.90. The molecule has 178 valence electrons. The summed E-state index contributed by atoms with van der Waals surface area (Å²) >= 11 is 1.50. The van der Waals surface area contributed by atoms with Gasteiger partial charge in [-0.1, -0.05) is 29.4 Å². The van der Waals surface area contributed by atoms with Crippen LogP contribution in [0.3, 0.4) is 0 Å². The number of amides is 2. The van der Waals surface area contributed by atoms with Crippen LogP contribution in [0.25, 0.3) is 0 Å². The lowest BCUT2D eigenvalue weighted by Crippen LogP contribution is -2.39. The minimum Gasteiger partial charge on any atom is -0.369 e. The first-order chi connectivity index (χ1) is 16.5. The number of benzene rings is 2. The van der Waals surface area contributed by atoms with Gasteiger partial charge in [-0.15, -0.1) is 11.8 Å². The van der Waals surface area contributed by atoms with Crippen molar-refractivity contribution in [3.63, 3.8) is 0 Å². The number of aromatic nitrogens is 2. The maximum atomic E-state index is 12.9. The molecule has 1 aliphatic rings. The number of nitrogens with one attached hydrogen (secondary N) is 1. The Balaban J connectivity index is 1.29. The molecule has 0 unspecified atom stereocenters. The smallest absolute Gasteiger partial charge is 0.256 e. The lowest BCUT2D eigenvalue weighted by atomic mass is 9.96. The number of rotatable bonds is 9. The molecule has 0 bridgehead atoms. The topological polar surface area (TPSA) is 114 Å². The zero-order chi connectivity index (χ0) is 23.9. The van der Waals surface area contributed by atoms with Gasteiger partial charge >= 0.3 is 0 Å². The van der Waals surface area contributed by atoms with Crippen LogP contribution in [0.5, 0.6) is 0 Å². The molecular formula is C25H29N5O3S. The highest BCUT2D eigenvalue weighted by atomic mass is 32.2. The highest BCUT2D eigenvalue weighted by molar-refractivity contribution is 7.98. The van der Waals surface area contributed by atoms with Crippen LogP contribution in [0.4, 0.5) is 5.69 Å². The maximum absolute atomic E-state index is 12.9. The lowest BCUT2D eigenvalue weighted by Gasteiger charge is -2.30. The fraction of sp³-hybridized carbons (Fsp3) is 0.360. The number of thioether (sulfide) groups is 1. The van der Waals surface area contributed by atoms with E-state index in [1.54, 1.807) is 6.92 Å². The van der Waals surface area contributed by atoms with Gasteiger partial charge in [-0.25, -0.2) is 0 Å². The van der Waals surface area contributed by atoms with E-state index in [1.807, 2.05) is 48.5 Å². The Morgan fingerprint density at radius 3 is 2.56 bits per heavy atom. The summed E-state index contributed by atoms with van der Waals surface area (Å²) in [5.74, 6) is 1.34. The molecule has 2 amide bonds. The van der Waals surface area contributed by atoms with Gasteiger partial charge in [-0.3, -0.25) is 9.59 Å². The van der Waals surface area contributed by atoms with Crippen LogP contribution in [0.2, 0.25) is 0 Å². The molecule has 3 aromatic rings. The molecule has 3 N–H and O–H groups in total. The number of hydrogen-bond donors (Lipinski definition) is 2. The van der Waals surface area contributed by atoms with Gasteiger partial charge in [-0.2, -0.15) is 4.98 Å². The van der Waals surface area contributed by atoms with Crippen LogP contribution < -0.4 is 11.1 Å². The van der Waals surface area contributed by atoms with Crippen molar-refractivity contribution in [3.8, 4) is 0 Å². The summed E-state index contributed by atoms with van der Waals surface area (Å²) in [5, 5.41) is 6.90. The number of anilines is 1. The number of aryl methyl sites for hydroxylation is 1. The summed E-state index contributed by atoms with van der Waals surface area (Å²) in [6.45, 7) is 4.51. The number of hydrogen-bond acceptors (Lipinski definition) is 7. The highest BCUT2D eigenvalue weighted by Gasteiger charge is 2.22. The first-order valence-electron chi connectivity index (χ1n) is 11.4. The molecule has 1 aliphatic heterocycles. The van der Waals surface area contributed by atoms with Crippen LogP contribution in [0.1, 0.15) is 40.5 Å². The molecule has 0 aliphatic carbocycles. The van der Waals surface area contributed by atoms with Crippen LogP contribution in [-0.4, -0.2) is 46.5 Å². The van der Waals surface area contributed by atoms with E-state index in [1.165, 1.54) is 17.3 Å². The molecule has 0 saturated carbocycles. The second-order valence-corrected chi connectivity index (χ2v) is 9.45. The quantitative estimate of drug-likeness (QED) is 0.450. The summed E-state index contributed by atoms with van der Waals surface area (Å²) in [5.41, 5.74) is 7.99. The lowest BCUT2D eigenvalue weighted by molar-refractivity contribution is -0.123. The first kappa shape index (κ1) is 24.0. The molecule has 1 saturated heterocycles. The third kappa shape index (κ3) is 6.45. The van der Waals surface area contributed by atoms with Crippen molar-refractivity contribution in [1.29, 1.82) is 0 Å². The van der Waals surface area contributed by atoms with Crippen LogP contribution in [0.15, 0.2) is 57.9 Å². The molecule has 1 aromatic heterocycles. The Morgan fingerprint density at radius 2 is 1.88 bits per heavy atom. The molecule has 0 spiro atoms. The monoisotopic (exact) mass is 479 g/mol. The number of primary amides is 1. The van der Waals surface area contributed by atoms with E-state index < -0.39 is 0 Å². The molecule has 9 heteroatoms. The Hall–Kier alpha value is -3.17. The third-order valence-corrected chi connectivity index (χ3v) is 7.05. The highest BCUT2D eigenvalue weighted by Crippen LogP contribution is 2.26. The van der Waals surface area contributed by atoms with Gasteiger partial charge in [-0.05, 0) is 62.2 Å². The van der Waals surface area contributed by atoms with Gasteiger partial charge in [0.2, 0.25) is 11.8 Å². The number of carbonyl (C=O) groups excluding carboxylic acids is 2. The standard InChI is InChI=1S/C25H29N5O3S/c1-17-27-23(29-33-17)16-34-22-5-3-2-4-21(22)25(32)28-20-8-6-18(7-9-20)10-13-30-14-11-19(12-15-30)24(26)31/h2-9,19H,10-16H2,1H3,(H2,26,31)(H,28,32). The van der Waals surface area contributed by atoms with E-state index in [4.69, 9.17) is 10.3 Å². The van der Waals surface area contributed by atoms with Crippen molar-refractivity contribution in [2.24, 2.45) is 11.7 Å². The SMILES string of the molecule is Cc1nc(CSc2ccccc2C(=O)Nc2ccc(CCN3CCC(C(N)=O)CC3)cc2)no1. The van der Waals surface area contributed by atoms with Crippen LogP contribution in [-0.2, 0) is 17.0 Å². The molecule has 2 heterocycles. The van der Waals surface area contributed by atoms with Gasteiger partial charge in [0, 0.05) is 30.0 Å². The van der Waals surface area contributed by atoms with Crippen molar-refractivity contribution >= 4 is 29.3 Å². The van der Waals surface area contributed by atoms with Gasteiger partial charge in [0.05, 0.1) is 11.3 Å². The van der Waals surface area contributed by atoms with Crippen molar-refractivity contribution in [3.05, 3.63) is 71.4 Å². The van der Waals surface area contributed by atoms with Crippen molar-refractivity contribution in [2.75, 3.05) is 25.0 Å². The molecule has 0 atom stereocenters. The molecule has 0 radical (unpaired) electrons. The molecule has 8 nitrogen and oxygen atoms in total. The fourth-order valence-electron chi connectivity index (χ4n) is 4.00. The van der Waals surface area contributed by atoms with Crippen LogP contribution >= 0.6 is 11.8 Å². The minimum absolute atomic E-state index is 0.0193. The van der Waals surface area contributed by atoms with Gasteiger partial charge < -0.3 is 20.5 Å². The number of nitrogens with two attached hydrogens (primary N) is 1. The van der Waals surface area contributed by atoms with Gasteiger partial charge in [0.1, 0.15) is 0 Å². The Morgan fingerprint density at radius 1 is 1.15 bits per heavy atom. The molecule has 1 fully saturated rings. The van der Waals surface area contributed by atoms with E-state index in [-0.39, 0.29) is 17.7 Å². The number of nitrogens with zero attached hydrogens (tertiary/aromatic N) is 3. The average Bonchev–Trinajstić information content (AvgIpc) is 3.27. The normalized spacial score (nSPS) is 14.7. The summed E-state index contributed by atoms with van der Waals surface area (Å²) in [6, 6.07) is 15.5. The zero-order valence-corrected chi connectivity index (χ0v) is 20.0.